The van der Waals surface area contributed by atoms with Crippen LogP contribution in [0.15, 0.2) is 22.3 Å². The number of carboxylic acid groups (broad SMARTS) is 1. The molecular formula is C26H36O7. The SMILES string of the molecule is C/C=C(\C)C(=O)O[C@H]1CC[C@@H]2Cc3occ(C)c3[C@@H](OC(=O)CC(C)CC)[C@]2(C)[C@H]1C(=O)O. The zero-order valence-corrected chi connectivity index (χ0v) is 20.5. The van der Waals surface area contributed by atoms with E-state index < -0.39 is 35.5 Å². The predicted octanol–water partition coefficient (Wildman–Crippen LogP) is 5.16. The number of carboxylic acids is 1. The number of carbonyl (C=O) groups is 3. The number of aliphatic carboxylic acids is 1. The Balaban J connectivity index is 2.05. The molecule has 1 aromatic rings. The fraction of sp³-hybridized carbons (Fsp3) is 0.654. The Kier molecular flexibility index (Phi) is 7.39. The van der Waals surface area contributed by atoms with Gasteiger partial charge in [-0.1, -0.05) is 33.3 Å². The standard InChI is InChI=1S/C26H36O7/c1-7-14(3)11-20(27)33-23-21-16(5)13-31-19(21)12-17-9-10-18(32-25(30)15(4)8-2)22(24(28)29)26(17,23)6/h8,13-14,17-18,22-23H,7,9-12H2,1-6H3,(H,28,29)/b15-8+/t14?,17-,18+,22-,23-,26+/m1/s1. The van der Waals surface area contributed by atoms with Crippen LogP contribution in [0.5, 0.6) is 0 Å². The van der Waals surface area contributed by atoms with Crippen molar-refractivity contribution in [2.24, 2.45) is 23.2 Å². The summed E-state index contributed by atoms with van der Waals surface area (Å²) in [4.78, 5) is 38.1. The normalized spacial score (nSPS) is 30.1. The summed E-state index contributed by atoms with van der Waals surface area (Å²) in [7, 11) is 0. The first-order valence-corrected chi connectivity index (χ1v) is 11.9. The van der Waals surface area contributed by atoms with E-state index in [0.717, 1.165) is 23.3 Å². The van der Waals surface area contributed by atoms with E-state index in [9.17, 15) is 19.5 Å². The summed E-state index contributed by atoms with van der Waals surface area (Å²) < 4.78 is 17.6. The number of aryl methyl sites for hydroxylation is 1. The maximum atomic E-state index is 12.9. The average molecular weight is 461 g/mol. The fourth-order valence-corrected chi connectivity index (χ4v) is 5.44. The second-order valence-electron chi connectivity index (χ2n) is 9.92. The molecule has 0 aromatic carbocycles. The smallest absolute Gasteiger partial charge is 0.333 e. The molecular weight excluding hydrogens is 424 g/mol. The van der Waals surface area contributed by atoms with Crippen LogP contribution in [0.4, 0.5) is 0 Å². The Hall–Kier alpha value is -2.57. The van der Waals surface area contributed by atoms with Crippen molar-refractivity contribution in [2.75, 3.05) is 0 Å². The molecule has 0 aliphatic heterocycles. The van der Waals surface area contributed by atoms with Crippen LogP contribution in [0.25, 0.3) is 0 Å². The van der Waals surface area contributed by atoms with Crippen molar-refractivity contribution in [3.8, 4) is 0 Å². The molecule has 1 saturated carbocycles. The van der Waals surface area contributed by atoms with E-state index in [2.05, 4.69) is 0 Å². The first-order chi connectivity index (χ1) is 15.5. The zero-order chi connectivity index (χ0) is 24.5. The van der Waals surface area contributed by atoms with Crippen molar-refractivity contribution in [1.82, 2.24) is 0 Å². The second-order valence-corrected chi connectivity index (χ2v) is 9.92. The summed E-state index contributed by atoms with van der Waals surface area (Å²) in [6.45, 7) is 11.1. The van der Waals surface area contributed by atoms with Gasteiger partial charge >= 0.3 is 17.9 Å². The molecule has 0 amide bonds. The molecule has 1 heterocycles. The van der Waals surface area contributed by atoms with E-state index in [1.807, 2.05) is 27.7 Å². The molecule has 1 N–H and O–H groups in total. The van der Waals surface area contributed by atoms with Gasteiger partial charge in [0.2, 0.25) is 0 Å². The molecule has 1 fully saturated rings. The van der Waals surface area contributed by atoms with E-state index in [-0.39, 0.29) is 24.2 Å². The van der Waals surface area contributed by atoms with E-state index in [4.69, 9.17) is 13.9 Å². The molecule has 2 aliphatic carbocycles. The van der Waals surface area contributed by atoms with Crippen molar-refractivity contribution in [3.05, 3.63) is 34.8 Å². The number of allylic oxidation sites excluding steroid dienone is 1. The molecule has 0 spiro atoms. The molecule has 1 unspecified atom stereocenters. The number of furan rings is 1. The lowest BCUT2D eigenvalue weighted by Crippen LogP contribution is -2.56. The molecule has 7 heteroatoms. The minimum absolute atomic E-state index is 0.0872. The van der Waals surface area contributed by atoms with Crippen molar-refractivity contribution >= 4 is 17.9 Å². The highest BCUT2D eigenvalue weighted by molar-refractivity contribution is 5.88. The van der Waals surface area contributed by atoms with Crippen LogP contribution >= 0.6 is 0 Å². The monoisotopic (exact) mass is 460 g/mol. The third-order valence-electron chi connectivity index (χ3n) is 7.82. The Bertz CT molecular complexity index is 942. The number of rotatable bonds is 7. The highest BCUT2D eigenvalue weighted by Gasteiger charge is 2.62. The van der Waals surface area contributed by atoms with Gasteiger partial charge in [-0.15, -0.1) is 0 Å². The fourth-order valence-electron chi connectivity index (χ4n) is 5.44. The van der Waals surface area contributed by atoms with Gasteiger partial charge < -0.3 is 19.0 Å². The summed E-state index contributed by atoms with van der Waals surface area (Å²) in [6, 6.07) is 0. The number of fused-ring (bicyclic) bond motifs is 2. The number of ether oxygens (including phenoxy) is 2. The average Bonchev–Trinajstić information content (AvgIpc) is 3.12. The maximum absolute atomic E-state index is 12.9. The van der Waals surface area contributed by atoms with Crippen molar-refractivity contribution in [1.29, 1.82) is 0 Å². The molecule has 0 radical (unpaired) electrons. The summed E-state index contributed by atoms with van der Waals surface area (Å²) in [6.07, 6.45) is 4.44. The minimum Gasteiger partial charge on any atom is -0.481 e. The first kappa shape index (κ1) is 25.1. The quantitative estimate of drug-likeness (QED) is 0.443. The lowest BCUT2D eigenvalue weighted by atomic mass is 9.53. The van der Waals surface area contributed by atoms with Crippen LogP contribution in [-0.4, -0.2) is 29.1 Å². The van der Waals surface area contributed by atoms with Crippen molar-refractivity contribution in [3.63, 3.8) is 0 Å². The van der Waals surface area contributed by atoms with Crippen molar-refractivity contribution < 1.29 is 33.4 Å². The van der Waals surface area contributed by atoms with Crippen LogP contribution in [0.1, 0.15) is 83.3 Å². The van der Waals surface area contributed by atoms with Gasteiger partial charge in [-0.05, 0) is 51.0 Å². The summed E-state index contributed by atoms with van der Waals surface area (Å²) in [5, 5.41) is 10.4. The summed E-state index contributed by atoms with van der Waals surface area (Å²) >= 11 is 0. The predicted molar refractivity (Wildman–Crippen MR) is 121 cm³/mol. The third kappa shape index (κ3) is 4.59. The Morgan fingerprint density at radius 2 is 2.00 bits per heavy atom. The van der Waals surface area contributed by atoms with Gasteiger partial charge in [0.1, 0.15) is 23.9 Å². The van der Waals surface area contributed by atoms with Crippen LogP contribution in [0, 0.1) is 30.1 Å². The van der Waals surface area contributed by atoms with Crippen LogP contribution in [0.2, 0.25) is 0 Å². The molecule has 3 rings (SSSR count). The van der Waals surface area contributed by atoms with E-state index >= 15 is 0 Å². The zero-order valence-electron chi connectivity index (χ0n) is 20.5. The topological polar surface area (TPSA) is 103 Å². The van der Waals surface area contributed by atoms with Gasteiger partial charge in [0.05, 0.1) is 6.26 Å². The summed E-state index contributed by atoms with van der Waals surface area (Å²) in [5.74, 6) is -2.11. The van der Waals surface area contributed by atoms with E-state index in [1.54, 1.807) is 26.2 Å². The van der Waals surface area contributed by atoms with Gasteiger partial charge in [0, 0.05) is 29.4 Å². The van der Waals surface area contributed by atoms with Crippen LogP contribution in [0.3, 0.4) is 0 Å². The minimum atomic E-state index is -1.05. The van der Waals surface area contributed by atoms with Gasteiger partial charge in [-0.2, -0.15) is 0 Å². The Labute approximate surface area is 195 Å². The van der Waals surface area contributed by atoms with Crippen molar-refractivity contribution in [2.45, 2.75) is 85.9 Å². The molecule has 7 nitrogen and oxygen atoms in total. The number of carbonyl (C=O) groups excluding carboxylic acids is 2. The highest BCUT2D eigenvalue weighted by Crippen LogP contribution is 2.60. The maximum Gasteiger partial charge on any atom is 0.333 e. The van der Waals surface area contributed by atoms with E-state index in [0.29, 0.717) is 24.8 Å². The van der Waals surface area contributed by atoms with Gasteiger partial charge in [0.25, 0.3) is 0 Å². The lowest BCUT2D eigenvalue weighted by Gasteiger charge is -2.53. The Morgan fingerprint density at radius 1 is 1.30 bits per heavy atom. The van der Waals surface area contributed by atoms with Crippen LogP contribution in [-0.2, 0) is 30.3 Å². The lowest BCUT2D eigenvalue weighted by molar-refractivity contribution is -0.198. The highest BCUT2D eigenvalue weighted by atomic mass is 16.6. The number of esters is 2. The molecule has 33 heavy (non-hydrogen) atoms. The van der Waals surface area contributed by atoms with Gasteiger partial charge in [-0.25, -0.2) is 4.79 Å². The largest absolute Gasteiger partial charge is 0.481 e. The second kappa shape index (κ2) is 9.74. The first-order valence-electron chi connectivity index (χ1n) is 11.9. The molecule has 182 valence electrons. The number of hydrogen-bond donors (Lipinski definition) is 1. The van der Waals surface area contributed by atoms with Gasteiger partial charge in [-0.3, -0.25) is 9.59 Å². The van der Waals surface area contributed by atoms with Crippen LogP contribution < -0.4 is 0 Å². The molecule has 1 aromatic heterocycles. The van der Waals surface area contributed by atoms with Gasteiger partial charge in [0.15, 0.2) is 0 Å². The molecule has 2 aliphatic rings. The molecule has 0 saturated heterocycles. The molecule has 0 bridgehead atoms. The number of hydrogen-bond acceptors (Lipinski definition) is 6. The summed E-state index contributed by atoms with van der Waals surface area (Å²) in [5.41, 5.74) is 1.07. The van der Waals surface area contributed by atoms with E-state index in [1.165, 1.54) is 0 Å². The molecule has 6 atom stereocenters. The third-order valence-corrected chi connectivity index (χ3v) is 7.82. The Morgan fingerprint density at radius 3 is 2.61 bits per heavy atom.